The van der Waals surface area contributed by atoms with E-state index in [0.29, 0.717) is 19.1 Å². The first-order chi connectivity index (χ1) is 18.4. The van der Waals surface area contributed by atoms with Crippen molar-refractivity contribution >= 4 is 36.9 Å². The first kappa shape index (κ1) is 26.4. The fourth-order valence-corrected chi connectivity index (χ4v) is 7.85. The Bertz CT molecular complexity index is 2050. The number of nitrogens with zero attached hydrogens (tertiary/aromatic N) is 3. The van der Waals surface area contributed by atoms with Crippen molar-refractivity contribution in [2.24, 2.45) is 0 Å². The minimum absolute atomic E-state index is 0.109. The summed E-state index contributed by atoms with van der Waals surface area (Å²) in [5, 5.41) is 0.498. The molecule has 2 aromatic heterocycles. The van der Waals surface area contributed by atoms with E-state index in [4.69, 9.17) is 0 Å². The van der Waals surface area contributed by atoms with Gasteiger partial charge in [0.25, 0.3) is 25.6 Å². The number of rotatable bonds is 5. The Morgan fingerprint density at radius 2 is 1.18 bits per heavy atom. The van der Waals surface area contributed by atoms with Gasteiger partial charge in [-0.3, -0.25) is 14.2 Å². The summed E-state index contributed by atoms with van der Waals surface area (Å²) < 4.78 is 58.0. The average Bonchev–Trinajstić information content (AvgIpc) is 3.39. The van der Waals surface area contributed by atoms with Crippen LogP contribution in [0.5, 0.6) is 0 Å². The Morgan fingerprint density at radius 3 is 1.69 bits per heavy atom. The summed E-state index contributed by atoms with van der Waals surface area (Å²) in [6.45, 7) is 6.30. The number of hydrogen-bond acceptors (Lipinski definition) is 6. The molecule has 0 radical (unpaired) electrons. The van der Waals surface area contributed by atoms with Gasteiger partial charge in [-0.25, -0.2) is 0 Å². The number of carbonyl (C=O) groups excluding carboxylic acids is 1. The predicted octanol–water partition coefficient (Wildman–Crippen LogP) is 4.33. The monoisotopic (exact) mass is 563 g/mol. The van der Waals surface area contributed by atoms with Crippen LogP contribution in [0.2, 0.25) is 0 Å². The quantitative estimate of drug-likeness (QED) is 0.314. The molecular formula is C28H25N3O6S2. The third-order valence-electron chi connectivity index (χ3n) is 6.61. The van der Waals surface area contributed by atoms with Gasteiger partial charge in [0.1, 0.15) is 0 Å². The number of fused-ring (bicyclic) bond motifs is 1. The molecule has 0 bridgehead atoms. The molecule has 0 saturated carbocycles. The van der Waals surface area contributed by atoms with Crippen molar-refractivity contribution in [3.05, 3.63) is 106 Å². The third-order valence-corrected chi connectivity index (χ3v) is 10.1. The van der Waals surface area contributed by atoms with Gasteiger partial charge in [0.2, 0.25) is 5.91 Å². The van der Waals surface area contributed by atoms with Crippen LogP contribution in [0.25, 0.3) is 22.0 Å². The molecule has 0 aliphatic heterocycles. The van der Waals surface area contributed by atoms with Gasteiger partial charge in [0, 0.05) is 24.1 Å². The lowest BCUT2D eigenvalue weighted by atomic mass is 10.1. The molecule has 0 atom stereocenters. The maximum Gasteiger partial charge on any atom is 0.290 e. The molecule has 2 heterocycles. The molecule has 0 aliphatic rings. The van der Waals surface area contributed by atoms with Crippen molar-refractivity contribution < 1.29 is 21.6 Å². The van der Waals surface area contributed by atoms with Gasteiger partial charge in [0.15, 0.2) is 0 Å². The van der Waals surface area contributed by atoms with E-state index in [1.807, 2.05) is 0 Å². The number of aromatic nitrogens is 3. The van der Waals surface area contributed by atoms with Crippen LogP contribution in [0.15, 0.2) is 93.6 Å². The predicted molar refractivity (Wildman–Crippen MR) is 148 cm³/mol. The second-order valence-corrected chi connectivity index (χ2v) is 12.9. The molecule has 5 rings (SSSR count). The lowest BCUT2D eigenvalue weighted by Crippen LogP contribution is -2.34. The molecular weight excluding hydrogens is 538 g/mol. The normalized spacial score (nSPS) is 12.2. The van der Waals surface area contributed by atoms with Crippen LogP contribution in [0.1, 0.15) is 28.5 Å². The lowest BCUT2D eigenvalue weighted by molar-refractivity contribution is 0.0941. The Morgan fingerprint density at radius 1 is 0.692 bits per heavy atom. The lowest BCUT2D eigenvalue weighted by Gasteiger charge is -2.15. The van der Waals surface area contributed by atoms with Crippen LogP contribution in [-0.4, -0.2) is 35.5 Å². The summed E-state index contributed by atoms with van der Waals surface area (Å²) in [7, 11) is -9.24. The topological polar surface area (TPSA) is 117 Å². The van der Waals surface area contributed by atoms with E-state index < -0.39 is 25.6 Å². The molecule has 0 amide bonds. The average molecular weight is 564 g/mol. The highest BCUT2D eigenvalue weighted by Gasteiger charge is 2.35. The smallest absolute Gasteiger partial charge is 0.287 e. The van der Waals surface area contributed by atoms with Crippen molar-refractivity contribution in [3.63, 3.8) is 0 Å². The first-order valence-electron chi connectivity index (χ1n) is 12.0. The van der Waals surface area contributed by atoms with Crippen molar-refractivity contribution in [1.29, 1.82) is 0 Å². The number of aryl methyl sites for hydroxylation is 2. The molecule has 0 unspecified atom stereocenters. The largest absolute Gasteiger partial charge is 0.290 e. The molecule has 11 heteroatoms. The van der Waals surface area contributed by atoms with Crippen molar-refractivity contribution in [1.82, 2.24) is 12.7 Å². The maximum absolute atomic E-state index is 14.1. The van der Waals surface area contributed by atoms with Crippen LogP contribution < -0.4 is 5.56 Å². The fourth-order valence-electron chi connectivity index (χ4n) is 4.62. The second kappa shape index (κ2) is 9.21. The van der Waals surface area contributed by atoms with Crippen molar-refractivity contribution in [3.8, 4) is 11.1 Å². The zero-order valence-electron chi connectivity index (χ0n) is 21.6. The molecule has 0 aliphatic carbocycles. The Balaban J connectivity index is 1.92. The SMILES string of the molecule is CC(=O)n1cc(-c2c(C)n(S(=O)(=O)c3ccc(C)cc3)n(S(=O)(=O)c3ccc(C)cc3)c2=O)c2ccccc21. The second-order valence-electron chi connectivity index (χ2n) is 9.34. The molecule has 0 spiro atoms. The molecule has 9 nitrogen and oxygen atoms in total. The highest BCUT2D eigenvalue weighted by Crippen LogP contribution is 2.33. The van der Waals surface area contributed by atoms with E-state index in [9.17, 15) is 26.4 Å². The van der Waals surface area contributed by atoms with Crippen LogP contribution in [0.3, 0.4) is 0 Å². The van der Waals surface area contributed by atoms with Gasteiger partial charge in [0.05, 0.1) is 26.6 Å². The standard InChI is InChI=1S/C28H25N3O6S2/c1-18-9-13-22(14-10-18)38(34,35)30-20(3)27(25-17-29(21(4)32)26-8-6-5-7-24(25)26)28(33)31(30)39(36,37)23-15-11-19(2)12-16-23/h5-17H,1-4H3. The summed E-state index contributed by atoms with van der Waals surface area (Å²) in [6.07, 6.45) is 1.43. The summed E-state index contributed by atoms with van der Waals surface area (Å²) in [4.78, 5) is 26.0. The zero-order valence-corrected chi connectivity index (χ0v) is 23.2. The molecule has 5 aromatic rings. The summed E-state index contributed by atoms with van der Waals surface area (Å²) in [5.41, 5.74) is 1.05. The molecule has 0 fully saturated rings. The number of carbonyl (C=O) groups is 1. The van der Waals surface area contributed by atoms with Crippen molar-refractivity contribution in [2.75, 3.05) is 0 Å². The Hall–Kier alpha value is -4.22. The zero-order chi connectivity index (χ0) is 28.3. The van der Waals surface area contributed by atoms with Crippen molar-refractivity contribution in [2.45, 2.75) is 37.5 Å². The molecule has 200 valence electrons. The van der Waals surface area contributed by atoms with Gasteiger partial charge in [-0.05, 0) is 51.1 Å². The summed E-state index contributed by atoms with van der Waals surface area (Å²) >= 11 is 0. The van der Waals surface area contributed by atoms with E-state index in [2.05, 4.69) is 0 Å². The first-order valence-corrected chi connectivity index (χ1v) is 14.8. The van der Waals surface area contributed by atoms with Gasteiger partial charge in [-0.2, -0.15) is 20.9 Å². The Labute approximate surface area is 225 Å². The number of para-hydroxylation sites is 1. The highest BCUT2D eigenvalue weighted by atomic mass is 32.2. The molecule has 0 N–H and O–H groups in total. The van der Waals surface area contributed by atoms with Crippen LogP contribution in [-0.2, 0) is 20.0 Å². The molecule has 3 aromatic carbocycles. The van der Waals surface area contributed by atoms with E-state index in [1.54, 1.807) is 62.4 Å². The third kappa shape index (κ3) is 4.14. The molecule has 39 heavy (non-hydrogen) atoms. The summed E-state index contributed by atoms with van der Waals surface area (Å²) in [5.74, 6) is -0.325. The number of benzene rings is 3. The van der Waals surface area contributed by atoms with Gasteiger partial charge < -0.3 is 0 Å². The van der Waals surface area contributed by atoms with E-state index in [0.717, 1.165) is 11.1 Å². The van der Waals surface area contributed by atoms with E-state index in [1.165, 1.54) is 48.9 Å². The van der Waals surface area contributed by atoms with Crippen LogP contribution in [0, 0.1) is 20.8 Å². The minimum atomic E-state index is -4.67. The molecule has 0 saturated heterocycles. The van der Waals surface area contributed by atoms with Gasteiger partial charge in [-0.1, -0.05) is 53.6 Å². The van der Waals surface area contributed by atoms with Gasteiger partial charge in [-0.15, -0.1) is 4.09 Å². The fraction of sp³-hybridized carbons (Fsp3) is 0.143. The van der Waals surface area contributed by atoms with Gasteiger partial charge >= 0.3 is 0 Å². The van der Waals surface area contributed by atoms with E-state index >= 15 is 0 Å². The minimum Gasteiger partial charge on any atom is -0.287 e. The summed E-state index contributed by atoms with van der Waals surface area (Å²) in [6, 6.07) is 18.5. The highest BCUT2D eigenvalue weighted by molar-refractivity contribution is 7.92. The maximum atomic E-state index is 14.1. The Kier molecular flexibility index (Phi) is 6.23. The number of hydrogen-bond donors (Lipinski definition) is 0. The van der Waals surface area contributed by atoms with Crippen LogP contribution in [0.4, 0.5) is 0 Å². The van der Waals surface area contributed by atoms with Crippen LogP contribution >= 0.6 is 0 Å². The van der Waals surface area contributed by atoms with E-state index in [-0.39, 0.29) is 32.5 Å².